The zero-order valence-electron chi connectivity index (χ0n) is 20.2. The van der Waals surface area contributed by atoms with Crippen molar-refractivity contribution < 1.29 is 64.1 Å². The number of fused-ring (bicyclic) bond motifs is 3. The van der Waals surface area contributed by atoms with E-state index in [1.54, 1.807) is 0 Å². The van der Waals surface area contributed by atoms with E-state index in [0.29, 0.717) is 6.42 Å². The van der Waals surface area contributed by atoms with Crippen LogP contribution >= 0.6 is 0 Å². The molecule has 4 nitrogen and oxygen atoms in total. The summed E-state index contributed by atoms with van der Waals surface area (Å²) in [5.74, 6) is 0. The third-order valence-corrected chi connectivity index (χ3v) is 7.85. The van der Waals surface area contributed by atoms with Gasteiger partial charge in [-0.3, -0.25) is 0 Å². The Morgan fingerprint density at radius 2 is 1.56 bits per heavy atom. The van der Waals surface area contributed by atoms with Gasteiger partial charge in [-0.1, -0.05) is 69.7 Å². The first-order valence-corrected chi connectivity index (χ1v) is 12.8. The molecule has 0 N–H and O–H groups in total. The van der Waals surface area contributed by atoms with Gasteiger partial charge < -0.3 is 21.5 Å². The third-order valence-electron chi connectivity index (χ3n) is 6.73. The van der Waals surface area contributed by atoms with Crippen LogP contribution in [0.1, 0.15) is 84.6 Å². The number of hydrogen-bond acceptors (Lipinski definition) is 3. The number of unbranched alkanes of at least 4 members (excludes halogenated alkanes) is 6. The second-order valence-corrected chi connectivity index (χ2v) is 10.6. The van der Waals surface area contributed by atoms with Crippen molar-refractivity contribution in [1.29, 1.82) is 0 Å². The molecule has 2 aromatic rings. The summed E-state index contributed by atoms with van der Waals surface area (Å²) in [5, 5.41) is 1.21. The molecule has 0 radical (unpaired) electrons. The van der Waals surface area contributed by atoms with Crippen LogP contribution in [-0.4, -0.2) is 28.6 Å². The quantitative estimate of drug-likeness (QED) is 0.191. The molecule has 0 fully saturated rings. The van der Waals surface area contributed by atoms with E-state index in [0.717, 1.165) is 47.0 Å². The molecular formula is C25H35BrNNaO3S. The Hall–Kier alpha value is -0.240. The van der Waals surface area contributed by atoms with Crippen molar-refractivity contribution in [3.8, 4) is 0 Å². The Morgan fingerprint density at radius 1 is 0.969 bits per heavy atom. The van der Waals surface area contributed by atoms with Gasteiger partial charge in [-0.2, -0.15) is 4.58 Å². The van der Waals surface area contributed by atoms with Crippen molar-refractivity contribution in [3.05, 3.63) is 42.0 Å². The molecule has 0 amide bonds. The molecule has 172 valence electrons. The molecule has 0 bridgehead atoms. The van der Waals surface area contributed by atoms with Crippen molar-refractivity contribution in [3.63, 3.8) is 0 Å². The summed E-state index contributed by atoms with van der Waals surface area (Å²) in [7, 11) is -4.47. The van der Waals surface area contributed by atoms with Gasteiger partial charge in [0.25, 0.3) is 0 Å². The predicted octanol–water partition coefficient (Wildman–Crippen LogP) is 0.256. The number of hydrogen-bond donors (Lipinski definition) is 0. The van der Waals surface area contributed by atoms with Crippen LogP contribution in [0.15, 0.2) is 36.4 Å². The Kier molecular flexibility index (Phi) is 11.6. The van der Waals surface area contributed by atoms with E-state index in [9.17, 15) is 13.0 Å². The third kappa shape index (κ3) is 6.25. The largest absolute Gasteiger partial charge is 1.00 e. The van der Waals surface area contributed by atoms with Gasteiger partial charge in [-0.25, -0.2) is 8.42 Å². The summed E-state index contributed by atoms with van der Waals surface area (Å²) in [6.07, 6.45) is 8.07. The average Bonchev–Trinajstić information content (AvgIpc) is 2.89. The normalized spacial score (nSPS) is 15.8. The maximum Gasteiger partial charge on any atom is 1.00 e. The van der Waals surface area contributed by atoms with E-state index < -0.39 is 15.5 Å². The minimum atomic E-state index is -4.47. The summed E-state index contributed by atoms with van der Waals surface area (Å²) >= 11 is 0. The van der Waals surface area contributed by atoms with Crippen LogP contribution in [-0.2, 0) is 15.5 Å². The van der Waals surface area contributed by atoms with Gasteiger partial charge in [0.05, 0.1) is 5.41 Å². The first kappa shape index (κ1) is 29.8. The van der Waals surface area contributed by atoms with Crippen LogP contribution in [0, 0.1) is 0 Å². The molecule has 2 aromatic carbocycles. The van der Waals surface area contributed by atoms with E-state index in [1.165, 1.54) is 25.7 Å². The fraction of sp³-hybridized carbons (Fsp3) is 0.560. The Balaban J connectivity index is 0.00000256. The first-order chi connectivity index (χ1) is 14.2. The summed E-state index contributed by atoms with van der Waals surface area (Å²) in [6.45, 7) is 8.41. The Bertz CT molecular complexity index is 1050. The van der Waals surface area contributed by atoms with E-state index in [-0.39, 0.29) is 52.0 Å². The van der Waals surface area contributed by atoms with Gasteiger partial charge in [0.2, 0.25) is 11.1 Å². The van der Waals surface area contributed by atoms with Crippen molar-refractivity contribution in [2.45, 2.75) is 89.9 Å². The molecule has 1 unspecified atom stereocenters. The molecule has 0 spiro atoms. The van der Waals surface area contributed by atoms with Crippen LogP contribution in [0.3, 0.4) is 0 Å². The fourth-order valence-electron chi connectivity index (χ4n) is 4.83. The van der Waals surface area contributed by atoms with Crippen molar-refractivity contribution >= 4 is 32.3 Å². The first-order valence-electron chi connectivity index (χ1n) is 11.3. The molecule has 7 heteroatoms. The second kappa shape index (κ2) is 12.5. The maximum absolute atomic E-state index is 12.3. The zero-order valence-corrected chi connectivity index (χ0v) is 24.6. The Labute approximate surface area is 226 Å². The smallest absolute Gasteiger partial charge is 1.00 e. The molecule has 1 aliphatic heterocycles. The number of benzene rings is 2. The fourth-order valence-corrected chi connectivity index (χ4v) is 5.82. The van der Waals surface area contributed by atoms with Crippen molar-refractivity contribution in [2.24, 2.45) is 0 Å². The number of halogens is 1. The molecule has 0 aromatic heterocycles. The minimum absolute atomic E-state index is 0. The molecule has 32 heavy (non-hydrogen) atoms. The van der Waals surface area contributed by atoms with Crippen LogP contribution in [0.25, 0.3) is 10.8 Å². The SMILES string of the molecule is CCCCCCCCCC([N+]1=C(C)C(C)(C)c2c1ccc1ccccc21)S(=O)(=O)[O-].[Br-].[Na+]. The molecule has 1 aliphatic rings. The number of nitrogens with zero attached hydrogens (tertiary/aromatic N) is 1. The van der Waals surface area contributed by atoms with Crippen LogP contribution in [0.4, 0.5) is 5.69 Å². The van der Waals surface area contributed by atoms with Crippen LogP contribution < -0.4 is 46.5 Å². The number of rotatable bonds is 10. The maximum atomic E-state index is 12.3. The van der Waals surface area contributed by atoms with Gasteiger partial charge in [-0.05, 0) is 37.1 Å². The summed E-state index contributed by atoms with van der Waals surface area (Å²) in [5.41, 5.74) is 2.58. The Morgan fingerprint density at radius 3 is 2.19 bits per heavy atom. The second-order valence-electron chi connectivity index (χ2n) is 9.12. The van der Waals surface area contributed by atoms with E-state index in [4.69, 9.17) is 0 Å². The molecular weight excluding hydrogens is 497 g/mol. The standard InChI is InChI=1S/C25H35NO3S.BrH.Na/c1-5-6-7-8-9-10-11-16-23(30(27,28)29)26-19(2)25(3,4)24-21-15-13-12-14-20(21)17-18-22(24)26;;/h12-15,17-18,23H,5-11,16H2,1-4H3;1H;/q;;+1/p-1. The van der Waals surface area contributed by atoms with Gasteiger partial charge in [-0.15, -0.1) is 0 Å². The zero-order chi connectivity index (χ0) is 21.9. The molecule has 0 saturated heterocycles. The van der Waals surface area contributed by atoms with Gasteiger partial charge in [0.1, 0.15) is 0 Å². The monoisotopic (exact) mass is 531 g/mol. The predicted molar refractivity (Wildman–Crippen MR) is 124 cm³/mol. The van der Waals surface area contributed by atoms with Gasteiger partial charge in [0, 0.05) is 25.0 Å². The van der Waals surface area contributed by atoms with E-state index in [1.807, 2.05) is 35.8 Å². The molecule has 0 aliphatic carbocycles. The molecule has 3 rings (SSSR count). The summed E-state index contributed by atoms with van der Waals surface area (Å²) in [4.78, 5) is 0. The topological polar surface area (TPSA) is 60.2 Å². The minimum Gasteiger partial charge on any atom is -1.00 e. The average molecular weight is 533 g/mol. The molecule has 1 heterocycles. The summed E-state index contributed by atoms with van der Waals surface area (Å²) < 4.78 is 38.8. The molecule has 1 atom stereocenters. The summed E-state index contributed by atoms with van der Waals surface area (Å²) in [6, 6.07) is 12.2. The molecule has 0 saturated carbocycles. The van der Waals surface area contributed by atoms with E-state index in [2.05, 4.69) is 32.9 Å². The van der Waals surface area contributed by atoms with Crippen LogP contribution in [0.5, 0.6) is 0 Å². The van der Waals surface area contributed by atoms with E-state index >= 15 is 0 Å². The van der Waals surface area contributed by atoms with Crippen molar-refractivity contribution in [2.75, 3.05) is 0 Å². The van der Waals surface area contributed by atoms with Crippen molar-refractivity contribution in [1.82, 2.24) is 0 Å². The van der Waals surface area contributed by atoms with Gasteiger partial charge in [0.15, 0.2) is 15.8 Å². The van der Waals surface area contributed by atoms with Crippen LogP contribution in [0.2, 0.25) is 0 Å². The van der Waals surface area contributed by atoms with Gasteiger partial charge >= 0.3 is 29.6 Å².